The van der Waals surface area contributed by atoms with E-state index in [1.807, 2.05) is 13.0 Å². The zero-order valence-electron chi connectivity index (χ0n) is 6.06. The summed E-state index contributed by atoms with van der Waals surface area (Å²) in [6.45, 7) is 1.87. The molecule has 0 fully saturated rings. The lowest BCUT2D eigenvalue weighted by Gasteiger charge is -2.00. The third-order valence-electron chi connectivity index (χ3n) is 1.39. The molecule has 0 aromatic heterocycles. The van der Waals surface area contributed by atoms with E-state index in [-0.39, 0.29) is 0 Å². The molecule has 0 aliphatic heterocycles. The highest BCUT2D eigenvalue weighted by Crippen LogP contribution is 2.23. The Morgan fingerprint density at radius 3 is 2.73 bits per heavy atom. The Bertz CT molecular complexity index is 326. The van der Waals surface area contributed by atoms with Gasteiger partial charge in [0.15, 0.2) is 0 Å². The number of aryl methyl sites for hydroxylation is 1. The molecule has 1 aromatic rings. The Morgan fingerprint density at radius 1 is 1.55 bits per heavy atom. The molecular formula is C8H7ClN2. The Hall–Kier alpha value is -1.20. The molecule has 11 heavy (non-hydrogen) atoms. The first-order valence-corrected chi connectivity index (χ1v) is 3.48. The van der Waals surface area contributed by atoms with Crippen molar-refractivity contribution >= 4 is 17.3 Å². The van der Waals surface area contributed by atoms with Crippen LogP contribution in [0.25, 0.3) is 0 Å². The molecule has 1 aromatic carbocycles. The highest BCUT2D eigenvalue weighted by Gasteiger charge is 2.02. The molecule has 0 saturated heterocycles. The number of benzene rings is 1. The maximum Gasteiger partial charge on any atom is 0.101 e. The molecule has 0 amide bonds. The molecule has 0 unspecified atom stereocenters. The largest absolute Gasteiger partial charge is 0.396 e. The van der Waals surface area contributed by atoms with Crippen molar-refractivity contribution in [3.63, 3.8) is 0 Å². The average molecular weight is 167 g/mol. The van der Waals surface area contributed by atoms with Crippen molar-refractivity contribution in [3.05, 3.63) is 28.3 Å². The first kappa shape index (κ1) is 7.90. The van der Waals surface area contributed by atoms with Crippen molar-refractivity contribution in [2.45, 2.75) is 6.92 Å². The maximum atomic E-state index is 8.58. The van der Waals surface area contributed by atoms with Crippen LogP contribution in [0.4, 0.5) is 5.69 Å². The summed E-state index contributed by atoms with van der Waals surface area (Å²) < 4.78 is 0. The van der Waals surface area contributed by atoms with Gasteiger partial charge in [0.05, 0.1) is 16.3 Å². The van der Waals surface area contributed by atoms with E-state index >= 15 is 0 Å². The maximum absolute atomic E-state index is 8.58. The second-order valence-electron chi connectivity index (χ2n) is 2.32. The number of nitrogen functional groups attached to an aromatic ring is 1. The second kappa shape index (κ2) is 2.81. The van der Waals surface area contributed by atoms with Crippen molar-refractivity contribution in [1.82, 2.24) is 0 Å². The first-order valence-electron chi connectivity index (χ1n) is 3.11. The van der Waals surface area contributed by atoms with Gasteiger partial charge in [-0.1, -0.05) is 11.6 Å². The van der Waals surface area contributed by atoms with E-state index in [1.54, 1.807) is 12.1 Å². The Kier molecular flexibility index (Phi) is 2.02. The van der Waals surface area contributed by atoms with Crippen molar-refractivity contribution in [3.8, 4) is 6.07 Å². The molecule has 1 rings (SSSR count). The summed E-state index contributed by atoms with van der Waals surface area (Å²) in [7, 11) is 0. The molecule has 2 N–H and O–H groups in total. The fourth-order valence-corrected chi connectivity index (χ4v) is 1.12. The van der Waals surface area contributed by atoms with Crippen molar-refractivity contribution < 1.29 is 0 Å². The van der Waals surface area contributed by atoms with Gasteiger partial charge in [-0.25, -0.2) is 0 Å². The number of anilines is 1. The van der Waals surface area contributed by atoms with Crippen LogP contribution < -0.4 is 5.73 Å². The molecule has 0 aliphatic carbocycles. The smallest absolute Gasteiger partial charge is 0.101 e. The molecule has 0 heterocycles. The van der Waals surface area contributed by atoms with E-state index in [2.05, 4.69) is 0 Å². The van der Waals surface area contributed by atoms with Gasteiger partial charge in [-0.3, -0.25) is 0 Å². The van der Waals surface area contributed by atoms with Crippen molar-refractivity contribution in [2.24, 2.45) is 0 Å². The summed E-state index contributed by atoms with van der Waals surface area (Å²) >= 11 is 5.72. The minimum absolute atomic E-state index is 0.361. The number of hydrogen-bond acceptors (Lipinski definition) is 2. The summed E-state index contributed by atoms with van der Waals surface area (Å²) in [5, 5.41) is 9.02. The van der Waals surface area contributed by atoms with E-state index in [4.69, 9.17) is 22.6 Å². The van der Waals surface area contributed by atoms with Gasteiger partial charge in [0.25, 0.3) is 0 Å². The third kappa shape index (κ3) is 1.44. The van der Waals surface area contributed by atoms with Crippen LogP contribution in [0.15, 0.2) is 12.1 Å². The number of halogens is 1. The molecular weight excluding hydrogens is 160 g/mol. The van der Waals surface area contributed by atoms with Crippen LogP contribution in [-0.2, 0) is 0 Å². The minimum Gasteiger partial charge on any atom is -0.396 e. The fourth-order valence-electron chi connectivity index (χ4n) is 0.846. The lowest BCUT2D eigenvalue weighted by atomic mass is 10.1. The summed E-state index contributed by atoms with van der Waals surface area (Å²) in [4.78, 5) is 0. The zero-order chi connectivity index (χ0) is 8.43. The van der Waals surface area contributed by atoms with E-state index in [0.29, 0.717) is 16.3 Å². The Morgan fingerprint density at radius 2 is 2.18 bits per heavy atom. The van der Waals surface area contributed by atoms with Gasteiger partial charge >= 0.3 is 0 Å². The molecule has 0 atom stereocenters. The fraction of sp³-hybridized carbons (Fsp3) is 0.125. The third-order valence-corrected chi connectivity index (χ3v) is 1.71. The first-order chi connectivity index (χ1) is 5.15. The normalized spacial score (nSPS) is 9.18. The van der Waals surface area contributed by atoms with Crippen LogP contribution in [0, 0.1) is 18.3 Å². The number of nitrogens with zero attached hydrogens (tertiary/aromatic N) is 1. The van der Waals surface area contributed by atoms with E-state index in [0.717, 1.165) is 5.56 Å². The van der Waals surface area contributed by atoms with Crippen LogP contribution in [0.1, 0.15) is 11.1 Å². The molecule has 56 valence electrons. The Labute approximate surface area is 70.2 Å². The van der Waals surface area contributed by atoms with Gasteiger partial charge in [-0.05, 0) is 24.6 Å². The van der Waals surface area contributed by atoms with E-state index < -0.39 is 0 Å². The van der Waals surface area contributed by atoms with Crippen LogP contribution in [0.2, 0.25) is 5.02 Å². The zero-order valence-corrected chi connectivity index (χ0v) is 6.81. The quantitative estimate of drug-likeness (QED) is 0.600. The summed E-state index contributed by atoms with van der Waals surface area (Å²) in [6.07, 6.45) is 0. The highest BCUT2D eigenvalue weighted by molar-refractivity contribution is 6.33. The molecule has 2 nitrogen and oxygen atoms in total. The molecule has 3 heteroatoms. The van der Waals surface area contributed by atoms with Gasteiger partial charge in [0, 0.05) is 0 Å². The van der Waals surface area contributed by atoms with Crippen LogP contribution >= 0.6 is 11.6 Å². The van der Waals surface area contributed by atoms with E-state index in [1.165, 1.54) is 0 Å². The summed E-state index contributed by atoms with van der Waals surface area (Å²) in [6, 6.07) is 5.41. The van der Waals surface area contributed by atoms with Crippen LogP contribution in [-0.4, -0.2) is 0 Å². The minimum atomic E-state index is 0.361. The number of hydrogen-bond donors (Lipinski definition) is 1. The van der Waals surface area contributed by atoms with E-state index in [9.17, 15) is 0 Å². The lowest BCUT2D eigenvalue weighted by molar-refractivity contribution is 1.42. The lowest BCUT2D eigenvalue weighted by Crippen LogP contribution is -1.92. The molecule has 0 spiro atoms. The van der Waals surface area contributed by atoms with Gasteiger partial charge < -0.3 is 5.73 Å². The predicted molar refractivity (Wildman–Crippen MR) is 45.3 cm³/mol. The Balaban J connectivity index is 3.39. The van der Waals surface area contributed by atoms with Gasteiger partial charge in [0.1, 0.15) is 6.07 Å². The summed E-state index contributed by atoms with van der Waals surface area (Å²) in [5.74, 6) is 0. The van der Waals surface area contributed by atoms with Crippen molar-refractivity contribution in [2.75, 3.05) is 5.73 Å². The monoisotopic (exact) mass is 166 g/mol. The topological polar surface area (TPSA) is 49.8 Å². The molecule has 0 saturated carbocycles. The number of rotatable bonds is 0. The number of nitriles is 1. The van der Waals surface area contributed by atoms with Crippen LogP contribution in [0.3, 0.4) is 0 Å². The predicted octanol–water partition coefficient (Wildman–Crippen LogP) is 2.10. The standard InChI is InChI=1S/C8H7ClN2/c1-5-2-6(4-10)8(11)7(9)3-5/h2-3H,11H2,1H3. The van der Waals surface area contributed by atoms with Crippen LogP contribution in [0.5, 0.6) is 0 Å². The average Bonchev–Trinajstić information content (AvgIpc) is 1.96. The summed E-state index contributed by atoms with van der Waals surface area (Å²) in [5.41, 5.74) is 7.25. The highest BCUT2D eigenvalue weighted by atomic mass is 35.5. The van der Waals surface area contributed by atoms with Gasteiger partial charge in [0.2, 0.25) is 0 Å². The second-order valence-corrected chi connectivity index (χ2v) is 2.73. The molecule has 0 bridgehead atoms. The van der Waals surface area contributed by atoms with Crippen molar-refractivity contribution in [1.29, 1.82) is 5.26 Å². The number of nitrogens with two attached hydrogens (primary N) is 1. The van der Waals surface area contributed by atoms with Gasteiger partial charge in [-0.15, -0.1) is 0 Å². The molecule has 0 aliphatic rings. The van der Waals surface area contributed by atoms with Gasteiger partial charge in [-0.2, -0.15) is 5.26 Å². The SMILES string of the molecule is Cc1cc(Cl)c(N)c(C#N)c1. The molecule has 0 radical (unpaired) electrons.